The van der Waals surface area contributed by atoms with Gasteiger partial charge in [-0.25, -0.2) is 0 Å². The van der Waals surface area contributed by atoms with Gasteiger partial charge < -0.3 is 9.88 Å². The zero-order valence-corrected chi connectivity index (χ0v) is 12.9. The number of aromatic nitrogens is 3. The van der Waals surface area contributed by atoms with E-state index in [1.807, 2.05) is 0 Å². The highest BCUT2D eigenvalue weighted by Crippen LogP contribution is 2.28. The van der Waals surface area contributed by atoms with Gasteiger partial charge in [-0.1, -0.05) is 52.4 Å². The van der Waals surface area contributed by atoms with Crippen LogP contribution in [0.15, 0.2) is 0 Å². The van der Waals surface area contributed by atoms with Crippen LogP contribution in [-0.4, -0.2) is 21.3 Å². The first-order valence-electron chi connectivity index (χ1n) is 8.41. The summed E-state index contributed by atoms with van der Waals surface area (Å²) in [7, 11) is 0. The minimum absolute atomic E-state index is 0.374. The maximum absolute atomic E-state index is 4.53. The number of nitrogens with zero attached hydrogens (tertiary/aromatic N) is 3. The summed E-state index contributed by atoms with van der Waals surface area (Å²) in [5, 5.41) is 12.6. The lowest BCUT2D eigenvalue weighted by Crippen LogP contribution is -2.37. The number of rotatable bonds is 3. The van der Waals surface area contributed by atoms with Crippen molar-refractivity contribution in [3.05, 3.63) is 11.6 Å². The molecule has 0 aromatic carbocycles. The fourth-order valence-electron chi connectivity index (χ4n) is 3.76. The van der Waals surface area contributed by atoms with Gasteiger partial charge in [0.2, 0.25) is 0 Å². The van der Waals surface area contributed by atoms with E-state index in [1.165, 1.54) is 44.3 Å². The largest absolute Gasteiger partial charge is 0.312 e. The van der Waals surface area contributed by atoms with Gasteiger partial charge in [0.25, 0.3) is 0 Å². The van der Waals surface area contributed by atoms with Crippen molar-refractivity contribution in [1.82, 2.24) is 20.1 Å². The van der Waals surface area contributed by atoms with Gasteiger partial charge in [-0.2, -0.15) is 0 Å². The molecule has 1 aliphatic carbocycles. The Morgan fingerprint density at radius 2 is 1.90 bits per heavy atom. The number of hydrogen-bond donors (Lipinski definition) is 1. The summed E-state index contributed by atoms with van der Waals surface area (Å²) in [4.78, 5) is 0. The average molecular weight is 276 g/mol. The third-order valence-electron chi connectivity index (χ3n) is 4.95. The van der Waals surface area contributed by atoms with E-state index in [1.54, 1.807) is 0 Å². The van der Waals surface area contributed by atoms with Gasteiger partial charge in [0.1, 0.15) is 5.82 Å². The molecule has 4 heteroatoms. The standard InChI is InChI=1S/C16H28N4/c1-12(2)15-16-19-18-14(20(16)10-9-17-15)11-13-7-5-3-4-6-8-13/h12-13,15,17H,3-11H2,1-2H3. The molecule has 3 rings (SSSR count). The molecule has 1 saturated carbocycles. The first kappa shape index (κ1) is 14.1. The van der Waals surface area contributed by atoms with Crippen molar-refractivity contribution in [3.63, 3.8) is 0 Å². The molecule has 1 aromatic heterocycles. The summed E-state index contributed by atoms with van der Waals surface area (Å²) >= 11 is 0. The zero-order valence-electron chi connectivity index (χ0n) is 12.9. The van der Waals surface area contributed by atoms with Crippen LogP contribution < -0.4 is 5.32 Å². The molecule has 0 radical (unpaired) electrons. The van der Waals surface area contributed by atoms with Crippen molar-refractivity contribution in [2.24, 2.45) is 11.8 Å². The van der Waals surface area contributed by atoms with Crippen LogP contribution in [0.3, 0.4) is 0 Å². The second kappa shape index (κ2) is 6.25. The molecule has 4 nitrogen and oxygen atoms in total. The first-order chi connectivity index (χ1) is 9.75. The molecule has 20 heavy (non-hydrogen) atoms. The molecule has 112 valence electrons. The predicted octanol–water partition coefficient (Wildman–Crippen LogP) is 3.09. The SMILES string of the molecule is CC(C)C1NCCn2c(CC3CCCCCC3)nnc21. The molecule has 0 spiro atoms. The van der Waals surface area contributed by atoms with E-state index in [9.17, 15) is 0 Å². The van der Waals surface area contributed by atoms with Crippen LogP contribution in [0.5, 0.6) is 0 Å². The molecule has 1 unspecified atom stereocenters. The predicted molar refractivity (Wildman–Crippen MR) is 80.5 cm³/mol. The Labute approximate surface area is 122 Å². The van der Waals surface area contributed by atoms with Crippen molar-refractivity contribution in [1.29, 1.82) is 0 Å². The van der Waals surface area contributed by atoms with E-state index in [0.717, 1.165) is 31.3 Å². The average Bonchev–Trinajstić information content (AvgIpc) is 2.68. The number of fused-ring (bicyclic) bond motifs is 1. The number of hydrogen-bond acceptors (Lipinski definition) is 3. The van der Waals surface area contributed by atoms with Gasteiger partial charge >= 0.3 is 0 Å². The first-order valence-corrected chi connectivity index (χ1v) is 8.41. The lowest BCUT2D eigenvalue weighted by Gasteiger charge is -2.28. The summed E-state index contributed by atoms with van der Waals surface area (Å²) in [5.41, 5.74) is 0. The Bertz CT molecular complexity index is 430. The lowest BCUT2D eigenvalue weighted by atomic mass is 9.96. The molecular formula is C16H28N4. The van der Waals surface area contributed by atoms with Crippen molar-refractivity contribution >= 4 is 0 Å². The van der Waals surface area contributed by atoms with Crippen LogP contribution in [0.1, 0.15) is 70.1 Å². The second-order valence-corrected chi connectivity index (χ2v) is 6.86. The maximum Gasteiger partial charge on any atom is 0.150 e. The summed E-state index contributed by atoms with van der Waals surface area (Å²) in [6, 6.07) is 0.374. The van der Waals surface area contributed by atoms with E-state index in [2.05, 4.69) is 33.9 Å². The molecular weight excluding hydrogens is 248 g/mol. The lowest BCUT2D eigenvalue weighted by molar-refractivity contribution is 0.331. The van der Waals surface area contributed by atoms with Gasteiger partial charge in [-0.05, 0) is 11.8 Å². The Balaban J connectivity index is 1.74. The molecule has 2 heterocycles. The second-order valence-electron chi connectivity index (χ2n) is 6.86. The summed E-state index contributed by atoms with van der Waals surface area (Å²) in [5.74, 6) is 3.80. The van der Waals surface area contributed by atoms with Gasteiger partial charge in [0.15, 0.2) is 5.82 Å². The Hall–Kier alpha value is -0.900. The van der Waals surface area contributed by atoms with Crippen molar-refractivity contribution in [2.45, 2.75) is 71.4 Å². The van der Waals surface area contributed by atoms with Crippen LogP contribution in [0.4, 0.5) is 0 Å². The van der Waals surface area contributed by atoms with E-state index >= 15 is 0 Å². The Morgan fingerprint density at radius 1 is 1.15 bits per heavy atom. The van der Waals surface area contributed by atoms with Crippen molar-refractivity contribution in [3.8, 4) is 0 Å². The highest BCUT2D eigenvalue weighted by Gasteiger charge is 2.27. The van der Waals surface area contributed by atoms with E-state index in [4.69, 9.17) is 0 Å². The monoisotopic (exact) mass is 276 g/mol. The zero-order chi connectivity index (χ0) is 13.9. The molecule has 1 aliphatic heterocycles. The maximum atomic E-state index is 4.53. The van der Waals surface area contributed by atoms with Crippen LogP contribution >= 0.6 is 0 Å². The Morgan fingerprint density at radius 3 is 2.60 bits per heavy atom. The van der Waals surface area contributed by atoms with Crippen LogP contribution in [0.25, 0.3) is 0 Å². The van der Waals surface area contributed by atoms with Crippen molar-refractivity contribution in [2.75, 3.05) is 6.54 Å². The molecule has 0 bridgehead atoms. The van der Waals surface area contributed by atoms with Gasteiger partial charge in [-0.3, -0.25) is 0 Å². The van der Waals surface area contributed by atoms with Crippen LogP contribution in [0, 0.1) is 11.8 Å². The van der Waals surface area contributed by atoms with E-state index < -0.39 is 0 Å². The van der Waals surface area contributed by atoms with Gasteiger partial charge in [0.05, 0.1) is 6.04 Å². The van der Waals surface area contributed by atoms with E-state index in [0.29, 0.717) is 12.0 Å². The van der Waals surface area contributed by atoms with Crippen molar-refractivity contribution < 1.29 is 0 Å². The quantitative estimate of drug-likeness (QED) is 0.863. The summed E-state index contributed by atoms with van der Waals surface area (Å²) in [6.07, 6.45) is 9.56. The van der Waals surface area contributed by atoms with E-state index in [-0.39, 0.29) is 0 Å². The molecule has 1 N–H and O–H groups in total. The van der Waals surface area contributed by atoms with Crippen LogP contribution in [-0.2, 0) is 13.0 Å². The topological polar surface area (TPSA) is 42.7 Å². The minimum Gasteiger partial charge on any atom is -0.312 e. The molecule has 1 atom stereocenters. The molecule has 0 amide bonds. The summed E-state index contributed by atoms with van der Waals surface area (Å²) in [6.45, 7) is 6.60. The van der Waals surface area contributed by atoms with Gasteiger partial charge in [0, 0.05) is 19.5 Å². The molecule has 0 saturated heterocycles. The smallest absolute Gasteiger partial charge is 0.150 e. The molecule has 2 aliphatic rings. The molecule has 1 aromatic rings. The fourth-order valence-corrected chi connectivity index (χ4v) is 3.76. The number of nitrogens with one attached hydrogen (secondary N) is 1. The normalized spacial score (nSPS) is 24.6. The molecule has 1 fully saturated rings. The highest BCUT2D eigenvalue weighted by atomic mass is 15.3. The minimum atomic E-state index is 0.374. The summed E-state index contributed by atoms with van der Waals surface area (Å²) < 4.78 is 2.39. The third-order valence-corrected chi connectivity index (χ3v) is 4.95. The highest BCUT2D eigenvalue weighted by molar-refractivity contribution is 5.06. The fraction of sp³-hybridized carbons (Fsp3) is 0.875. The van der Waals surface area contributed by atoms with Gasteiger partial charge in [-0.15, -0.1) is 10.2 Å². The van der Waals surface area contributed by atoms with Crippen LogP contribution in [0.2, 0.25) is 0 Å². The Kier molecular flexibility index (Phi) is 4.39. The third kappa shape index (κ3) is 2.90.